The van der Waals surface area contributed by atoms with Gasteiger partial charge in [-0.25, -0.2) is 4.79 Å². The number of anilines is 1. The highest BCUT2D eigenvalue weighted by Crippen LogP contribution is 2.09. The summed E-state index contributed by atoms with van der Waals surface area (Å²) in [7, 11) is 0. The highest BCUT2D eigenvalue weighted by molar-refractivity contribution is 5.89. The van der Waals surface area contributed by atoms with Crippen molar-refractivity contribution in [1.82, 2.24) is 5.32 Å². The van der Waals surface area contributed by atoms with Gasteiger partial charge in [-0.15, -0.1) is 12.3 Å². The van der Waals surface area contributed by atoms with E-state index in [1.165, 1.54) is 0 Å². The van der Waals surface area contributed by atoms with Crippen molar-refractivity contribution in [3.63, 3.8) is 0 Å². The number of aryl methyl sites for hydroxylation is 1. The molecule has 3 nitrogen and oxygen atoms in total. The van der Waals surface area contributed by atoms with Crippen LogP contribution < -0.4 is 10.6 Å². The third-order valence-corrected chi connectivity index (χ3v) is 2.47. The van der Waals surface area contributed by atoms with E-state index < -0.39 is 0 Å². The number of rotatable bonds is 4. The van der Waals surface area contributed by atoms with Crippen LogP contribution in [0.1, 0.15) is 25.3 Å². The van der Waals surface area contributed by atoms with Crippen molar-refractivity contribution in [1.29, 1.82) is 0 Å². The van der Waals surface area contributed by atoms with Crippen LogP contribution in [0.15, 0.2) is 24.3 Å². The summed E-state index contributed by atoms with van der Waals surface area (Å²) in [6.07, 6.45) is 6.61. The Morgan fingerprint density at radius 2 is 2.29 bits per heavy atom. The molecule has 1 aromatic rings. The van der Waals surface area contributed by atoms with Crippen LogP contribution in [-0.4, -0.2) is 12.1 Å². The van der Waals surface area contributed by atoms with Crippen LogP contribution in [0.4, 0.5) is 10.5 Å². The van der Waals surface area contributed by atoms with Gasteiger partial charge in [0.25, 0.3) is 0 Å². The smallest absolute Gasteiger partial charge is 0.319 e. The summed E-state index contributed by atoms with van der Waals surface area (Å²) in [6, 6.07) is 7.48. The fourth-order valence-electron chi connectivity index (χ4n) is 1.52. The highest BCUT2D eigenvalue weighted by atomic mass is 16.2. The fourth-order valence-corrected chi connectivity index (χ4v) is 1.52. The minimum Gasteiger partial charge on any atom is -0.334 e. The lowest BCUT2D eigenvalue weighted by Crippen LogP contribution is -2.37. The molecule has 2 amide bonds. The summed E-state index contributed by atoms with van der Waals surface area (Å²) < 4.78 is 0. The Labute approximate surface area is 103 Å². The first kappa shape index (κ1) is 13.1. The number of benzene rings is 1. The maximum absolute atomic E-state index is 11.7. The number of nitrogens with one attached hydrogen (secondary N) is 2. The molecule has 0 fully saturated rings. The lowest BCUT2D eigenvalue weighted by Gasteiger charge is -2.15. The van der Waals surface area contributed by atoms with Crippen molar-refractivity contribution in [2.24, 2.45) is 0 Å². The monoisotopic (exact) mass is 230 g/mol. The standard InChI is InChI=1S/C14H18N2O/c1-4-7-12(5-2)15-14(17)16-13-9-6-8-11(3)10-13/h1,6,8-10,12H,5,7H2,2-3H3,(H2,15,16,17). The van der Waals surface area contributed by atoms with Gasteiger partial charge in [0.1, 0.15) is 0 Å². The minimum absolute atomic E-state index is 0.0322. The average Bonchev–Trinajstić information content (AvgIpc) is 2.28. The van der Waals surface area contributed by atoms with Gasteiger partial charge in [0.15, 0.2) is 0 Å². The zero-order valence-corrected chi connectivity index (χ0v) is 10.3. The van der Waals surface area contributed by atoms with Crippen molar-refractivity contribution < 1.29 is 4.79 Å². The predicted octanol–water partition coefficient (Wildman–Crippen LogP) is 2.92. The minimum atomic E-state index is -0.210. The van der Waals surface area contributed by atoms with Crippen molar-refractivity contribution in [3.05, 3.63) is 29.8 Å². The van der Waals surface area contributed by atoms with Gasteiger partial charge in [-0.1, -0.05) is 19.1 Å². The van der Waals surface area contributed by atoms with Gasteiger partial charge in [-0.2, -0.15) is 0 Å². The Morgan fingerprint density at radius 3 is 2.88 bits per heavy atom. The predicted molar refractivity (Wildman–Crippen MR) is 70.9 cm³/mol. The molecule has 1 atom stereocenters. The number of carbonyl (C=O) groups is 1. The number of hydrogen-bond acceptors (Lipinski definition) is 1. The molecule has 0 heterocycles. The molecule has 0 aliphatic carbocycles. The summed E-state index contributed by atoms with van der Waals surface area (Å²) in [6.45, 7) is 3.98. The molecule has 0 saturated heterocycles. The van der Waals surface area contributed by atoms with Gasteiger partial charge in [0.2, 0.25) is 0 Å². The van der Waals surface area contributed by atoms with Crippen LogP contribution in [0.25, 0.3) is 0 Å². The van der Waals surface area contributed by atoms with E-state index in [4.69, 9.17) is 6.42 Å². The topological polar surface area (TPSA) is 41.1 Å². The van der Waals surface area contributed by atoms with E-state index in [9.17, 15) is 4.79 Å². The quantitative estimate of drug-likeness (QED) is 0.767. The van der Waals surface area contributed by atoms with E-state index in [2.05, 4.69) is 16.6 Å². The second kappa shape index (κ2) is 6.59. The first-order chi connectivity index (χ1) is 8.15. The Kier molecular flexibility index (Phi) is 5.09. The third-order valence-electron chi connectivity index (χ3n) is 2.47. The average molecular weight is 230 g/mol. The molecule has 1 aromatic carbocycles. The zero-order valence-electron chi connectivity index (χ0n) is 10.3. The maximum atomic E-state index is 11.7. The zero-order chi connectivity index (χ0) is 12.7. The van der Waals surface area contributed by atoms with E-state index in [1.54, 1.807) is 0 Å². The molecular formula is C14H18N2O. The molecule has 0 spiro atoms. The van der Waals surface area contributed by atoms with Gasteiger partial charge in [0, 0.05) is 18.2 Å². The van der Waals surface area contributed by atoms with Crippen LogP contribution in [0.2, 0.25) is 0 Å². The molecular weight excluding hydrogens is 212 g/mol. The lowest BCUT2D eigenvalue weighted by atomic mass is 10.1. The molecule has 0 aliphatic heterocycles. The van der Waals surface area contributed by atoms with Gasteiger partial charge in [0.05, 0.1) is 0 Å². The van der Waals surface area contributed by atoms with E-state index in [0.717, 1.165) is 17.7 Å². The third kappa shape index (κ3) is 4.60. The van der Waals surface area contributed by atoms with Crippen molar-refractivity contribution in [2.45, 2.75) is 32.7 Å². The number of amides is 2. The molecule has 1 rings (SSSR count). The Balaban J connectivity index is 2.52. The second-order valence-corrected chi connectivity index (χ2v) is 3.98. The summed E-state index contributed by atoms with van der Waals surface area (Å²) in [5.74, 6) is 2.55. The van der Waals surface area contributed by atoms with Crippen LogP contribution in [-0.2, 0) is 0 Å². The van der Waals surface area contributed by atoms with E-state index >= 15 is 0 Å². The first-order valence-corrected chi connectivity index (χ1v) is 5.73. The second-order valence-electron chi connectivity index (χ2n) is 3.98. The van der Waals surface area contributed by atoms with E-state index in [-0.39, 0.29) is 12.1 Å². The van der Waals surface area contributed by atoms with E-state index in [1.807, 2.05) is 38.1 Å². The summed E-state index contributed by atoms with van der Waals surface area (Å²) in [4.78, 5) is 11.7. The molecule has 17 heavy (non-hydrogen) atoms. The molecule has 1 unspecified atom stereocenters. The first-order valence-electron chi connectivity index (χ1n) is 5.73. The molecule has 0 aliphatic rings. The molecule has 0 aromatic heterocycles. The summed E-state index contributed by atoms with van der Waals surface area (Å²) in [5, 5.41) is 5.63. The molecule has 90 valence electrons. The Bertz CT molecular complexity index is 420. The van der Waals surface area contributed by atoms with E-state index in [0.29, 0.717) is 6.42 Å². The number of urea groups is 1. The summed E-state index contributed by atoms with van der Waals surface area (Å²) in [5.41, 5.74) is 1.90. The number of carbonyl (C=O) groups excluding carboxylic acids is 1. The maximum Gasteiger partial charge on any atom is 0.319 e. The van der Waals surface area contributed by atoms with Crippen molar-refractivity contribution in [2.75, 3.05) is 5.32 Å². The normalized spacial score (nSPS) is 11.4. The van der Waals surface area contributed by atoms with Crippen LogP contribution >= 0.6 is 0 Å². The van der Waals surface area contributed by atoms with Gasteiger partial charge in [-0.3, -0.25) is 0 Å². The molecule has 3 heteroatoms. The van der Waals surface area contributed by atoms with Gasteiger partial charge >= 0.3 is 6.03 Å². The highest BCUT2D eigenvalue weighted by Gasteiger charge is 2.08. The van der Waals surface area contributed by atoms with Crippen molar-refractivity contribution >= 4 is 11.7 Å². The molecule has 0 bridgehead atoms. The number of terminal acetylenes is 1. The largest absolute Gasteiger partial charge is 0.334 e. The fraction of sp³-hybridized carbons (Fsp3) is 0.357. The van der Waals surface area contributed by atoms with Crippen LogP contribution in [0.3, 0.4) is 0 Å². The van der Waals surface area contributed by atoms with Crippen LogP contribution in [0.5, 0.6) is 0 Å². The lowest BCUT2D eigenvalue weighted by molar-refractivity contribution is 0.248. The SMILES string of the molecule is C#CCC(CC)NC(=O)Nc1cccc(C)c1. The Morgan fingerprint density at radius 1 is 1.53 bits per heavy atom. The molecule has 0 radical (unpaired) electrons. The molecule has 2 N–H and O–H groups in total. The van der Waals surface area contributed by atoms with Gasteiger partial charge in [-0.05, 0) is 31.0 Å². The van der Waals surface area contributed by atoms with Crippen LogP contribution in [0, 0.1) is 19.3 Å². The summed E-state index contributed by atoms with van der Waals surface area (Å²) >= 11 is 0. The van der Waals surface area contributed by atoms with Crippen molar-refractivity contribution in [3.8, 4) is 12.3 Å². The number of hydrogen-bond donors (Lipinski definition) is 2. The molecule has 0 saturated carbocycles. The Hall–Kier alpha value is -1.95. The van der Waals surface area contributed by atoms with Gasteiger partial charge < -0.3 is 10.6 Å².